The van der Waals surface area contributed by atoms with E-state index >= 15 is 0 Å². The van der Waals surface area contributed by atoms with Crippen molar-refractivity contribution in [1.82, 2.24) is 14.5 Å². The van der Waals surface area contributed by atoms with E-state index in [4.69, 9.17) is 23.7 Å². The van der Waals surface area contributed by atoms with Gasteiger partial charge in [0.25, 0.3) is 0 Å². The lowest BCUT2D eigenvalue weighted by Gasteiger charge is -2.13. The molecule has 3 heterocycles. The second-order valence-electron chi connectivity index (χ2n) is 11.4. The van der Waals surface area contributed by atoms with Crippen molar-refractivity contribution in [2.45, 2.75) is 0 Å². The van der Waals surface area contributed by atoms with Crippen molar-refractivity contribution in [2.24, 2.45) is 0 Å². The maximum Gasteiger partial charge on any atom is 0.235 e. The van der Waals surface area contributed by atoms with Crippen LogP contribution in [0, 0.1) is 0 Å². The van der Waals surface area contributed by atoms with Gasteiger partial charge in [-0.05, 0) is 34.7 Å². The van der Waals surface area contributed by atoms with E-state index in [1.54, 1.807) is 41.7 Å². The first kappa shape index (κ1) is 18.9. The Balaban J connectivity index is 1.32. The van der Waals surface area contributed by atoms with Gasteiger partial charge in [-0.15, -0.1) is 11.3 Å². The van der Waals surface area contributed by atoms with E-state index in [-0.39, 0.29) is 34.9 Å². The molecule has 10 rings (SSSR count). The van der Waals surface area contributed by atoms with E-state index in [2.05, 4.69) is 30.3 Å². The molecule has 0 aliphatic rings. The Morgan fingerprint density at radius 1 is 0.500 bits per heavy atom. The molecule has 0 atom stereocenters. The van der Waals surface area contributed by atoms with Crippen molar-refractivity contribution < 1.29 is 13.7 Å². The molecule has 0 bridgehead atoms. The van der Waals surface area contributed by atoms with Crippen molar-refractivity contribution in [3.63, 3.8) is 0 Å². The summed E-state index contributed by atoms with van der Waals surface area (Å²) in [6.07, 6.45) is 0. The summed E-state index contributed by atoms with van der Waals surface area (Å²) in [4.78, 5) is 10.2. The number of para-hydroxylation sites is 1. The molecule has 0 fully saturated rings. The van der Waals surface area contributed by atoms with Crippen LogP contribution in [0.3, 0.4) is 0 Å². The molecular formula is C44H27N3S. The zero-order valence-electron chi connectivity index (χ0n) is 35.1. The van der Waals surface area contributed by atoms with Crippen LogP contribution in [0.1, 0.15) is 13.7 Å². The van der Waals surface area contributed by atoms with Crippen molar-refractivity contribution in [3.05, 3.63) is 164 Å². The van der Waals surface area contributed by atoms with Gasteiger partial charge >= 0.3 is 0 Å². The minimum absolute atomic E-state index is 0.0604. The van der Waals surface area contributed by atoms with Crippen LogP contribution >= 0.6 is 11.3 Å². The van der Waals surface area contributed by atoms with E-state index in [1.807, 2.05) is 47.0 Å². The van der Waals surface area contributed by atoms with Crippen LogP contribution in [0.15, 0.2) is 164 Å². The van der Waals surface area contributed by atoms with Crippen LogP contribution in [0.5, 0.6) is 0 Å². The summed E-state index contributed by atoms with van der Waals surface area (Å²) in [5, 5.41) is 6.22. The highest BCUT2D eigenvalue weighted by molar-refractivity contribution is 7.27. The average molecular weight is 640 g/mol. The Morgan fingerprint density at radius 2 is 1.08 bits per heavy atom. The Bertz CT molecular complexity index is 3350. The van der Waals surface area contributed by atoms with Gasteiger partial charge in [0.15, 0.2) is 0 Å². The first-order valence-electron chi connectivity index (χ1n) is 20.4. The van der Waals surface area contributed by atoms with E-state index in [0.717, 1.165) is 52.8 Å². The monoisotopic (exact) mass is 639 g/mol. The molecule has 224 valence electrons. The highest BCUT2D eigenvalue weighted by Crippen LogP contribution is 2.47. The van der Waals surface area contributed by atoms with Gasteiger partial charge in [-0.2, -0.15) is 0 Å². The summed E-state index contributed by atoms with van der Waals surface area (Å²) in [7, 11) is 0. The number of nitrogens with zero attached hydrogens (tertiary/aromatic N) is 3. The number of hydrogen-bond acceptors (Lipinski definition) is 3. The fourth-order valence-electron chi connectivity index (χ4n) is 6.72. The Labute approximate surface area is 295 Å². The number of thiophene rings is 1. The molecule has 0 amide bonds. The molecule has 3 nitrogen and oxygen atoms in total. The van der Waals surface area contributed by atoms with Gasteiger partial charge in [-0.25, -0.2) is 9.97 Å². The fourth-order valence-corrected chi connectivity index (χ4v) is 7.96. The van der Waals surface area contributed by atoms with Gasteiger partial charge in [0.1, 0.15) is 0 Å². The van der Waals surface area contributed by atoms with Crippen molar-refractivity contribution in [2.75, 3.05) is 0 Å². The third-order valence-corrected chi connectivity index (χ3v) is 9.99. The topological polar surface area (TPSA) is 30.7 Å². The van der Waals surface area contributed by atoms with Gasteiger partial charge < -0.3 is 0 Å². The molecule has 0 saturated heterocycles. The maximum absolute atomic E-state index is 8.92. The fraction of sp³-hybridized carbons (Fsp3) is 0. The molecule has 10 aromatic rings. The number of rotatable bonds is 4. The van der Waals surface area contributed by atoms with Crippen molar-refractivity contribution in [3.8, 4) is 39.6 Å². The largest absolute Gasteiger partial charge is 0.277 e. The van der Waals surface area contributed by atoms with Crippen LogP contribution in [-0.4, -0.2) is 14.5 Å². The minimum Gasteiger partial charge on any atom is -0.277 e. The number of aromatic nitrogens is 3. The molecule has 0 spiro atoms. The van der Waals surface area contributed by atoms with E-state index in [9.17, 15) is 0 Å². The van der Waals surface area contributed by atoms with Gasteiger partial charge in [-0.1, -0.05) is 145 Å². The van der Waals surface area contributed by atoms with E-state index in [0.29, 0.717) is 16.8 Å². The van der Waals surface area contributed by atoms with Gasteiger partial charge in [0, 0.05) is 47.5 Å². The molecule has 48 heavy (non-hydrogen) atoms. The highest BCUT2D eigenvalue weighted by Gasteiger charge is 2.23. The van der Waals surface area contributed by atoms with Crippen LogP contribution in [-0.2, 0) is 0 Å². The quantitative estimate of drug-likeness (QED) is 0.192. The molecular weight excluding hydrogens is 603 g/mol. The highest BCUT2D eigenvalue weighted by atomic mass is 32.1. The molecule has 0 aliphatic heterocycles. The zero-order valence-corrected chi connectivity index (χ0v) is 25.9. The summed E-state index contributed by atoms with van der Waals surface area (Å²) >= 11 is 1.71. The van der Waals surface area contributed by atoms with Crippen LogP contribution in [0.25, 0.3) is 92.3 Å². The second-order valence-corrected chi connectivity index (χ2v) is 12.5. The standard InChI is InChI=1S/C44H27N3S/c1-3-13-28(14-4-1)29-23-25-31(26-24-29)37-27-36(30-15-5-2-6-16-30)45-44(46-37)47-38-21-11-9-19-34(38)40-32-17-7-8-18-33(32)43-41(42(40)47)35-20-10-12-22-39(35)48-43/h1-27H/i1D,2D,3D,4D,5D,6D,13D,14D,15D,16D. The number of benzene rings is 7. The van der Waals surface area contributed by atoms with E-state index in [1.165, 1.54) is 0 Å². The molecule has 0 unspecified atom stereocenters. The van der Waals surface area contributed by atoms with Gasteiger partial charge in [0.2, 0.25) is 5.95 Å². The molecule has 0 radical (unpaired) electrons. The SMILES string of the molecule is [2H]c1c([2H])c([2H])c(-c2ccc(-c3cc(-c4c([2H])c([2H])c([2H])c([2H])c4[2H])nc(-n4c5ccccc5c5c6ccccc6c6sc7ccccc7c6c54)n3)cc2)c([2H])c1[2H]. The third kappa shape index (κ3) is 4.13. The first-order valence-corrected chi connectivity index (χ1v) is 16.2. The van der Waals surface area contributed by atoms with Crippen molar-refractivity contribution >= 4 is 64.1 Å². The third-order valence-electron chi connectivity index (χ3n) is 8.79. The van der Waals surface area contributed by atoms with Crippen LogP contribution in [0.2, 0.25) is 0 Å². The van der Waals surface area contributed by atoms with E-state index < -0.39 is 48.3 Å². The summed E-state index contributed by atoms with van der Waals surface area (Å²) in [5.74, 6) is 0.215. The maximum atomic E-state index is 8.92. The Morgan fingerprint density at radius 3 is 1.83 bits per heavy atom. The molecule has 4 heteroatoms. The predicted octanol–water partition coefficient (Wildman–Crippen LogP) is 12.1. The lowest BCUT2D eigenvalue weighted by atomic mass is 10.00. The smallest absolute Gasteiger partial charge is 0.235 e. The normalized spacial score (nSPS) is 14.7. The predicted molar refractivity (Wildman–Crippen MR) is 203 cm³/mol. The second kappa shape index (κ2) is 10.7. The number of hydrogen-bond donors (Lipinski definition) is 0. The molecule has 0 aliphatic carbocycles. The summed E-state index contributed by atoms with van der Waals surface area (Å²) in [6, 6.07) is 28.6. The summed E-state index contributed by atoms with van der Waals surface area (Å²) in [6.45, 7) is 0. The van der Waals surface area contributed by atoms with Gasteiger partial charge in [-0.3, -0.25) is 4.57 Å². The zero-order chi connectivity index (χ0) is 40.3. The molecule has 0 N–H and O–H groups in total. The summed E-state index contributed by atoms with van der Waals surface area (Å²) in [5.41, 5.74) is 3.11. The Hall–Kier alpha value is -6.10. The van der Waals surface area contributed by atoms with Gasteiger partial charge in [0.05, 0.1) is 36.1 Å². The Kier molecular flexibility index (Phi) is 4.22. The molecule has 3 aromatic heterocycles. The average Bonchev–Trinajstić information content (AvgIpc) is 3.81. The van der Waals surface area contributed by atoms with Crippen LogP contribution in [0.4, 0.5) is 0 Å². The number of fused-ring (bicyclic) bond motifs is 10. The van der Waals surface area contributed by atoms with Crippen molar-refractivity contribution in [1.29, 1.82) is 0 Å². The molecule has 0 saturated carbocycles. The lowest BCUT2D eigenvalue weighted by molar-refractivity contribution is 0.998. The minimum atomic E-state index is -0.516. The first-order chi connectivity index (χ1) is 28.0. The molecule has 7 aromatic carbocycles. The summed E-state index contributed by atoms with van der Waals surface area (Å²) < 4.78 is 88.7. The lowest BCUT2D eigenvalue weighted by Crippen LogP contribution is -2.04. The van der Waals surface area contributed by atoms with Crippen LogP contribution < -0.4 is 0 Å².